The van der Waals surface area contributed by atoms with Crippen LogP contribution in [0.2, 0.25) is 0 Å². The maximum Gasteiger partial charge on any atom is 0.123 e. The minimum atomic E-state index is 0.126. The van der Waals surface area contributed by atoms with Crippen molar-refractivity contribution in [1.29, 1.82) is 0 Å². The number of pyridine rings is 1. The summed E-state index contributed by atoms with van der Waals surface area (Å²) >= 11 is 3.74. The summed E-state index contributed by atoms with van der Waals surface area (Å²) in [5.74, 6) is 1.67. The Labute approximate surface area is 128 Å². The Hall–Kier alpha value is -1.55. The number of hydrogen-bond acceptors (Lipinski definition) is 3. The molecule has 0 aliphatic rings. The van der Waals surface area contributed by atoms with E-state index < -0.39 is 0 Å². The van der Waals surface area contributed by atoms with Gasteiger partial charge in [-0.3, -0.25) is 4.98 Å². The van der Waals surface area contributed by atoms with Crippen molar-refractivity contribution >= 4 is 15.9 Å². The lowest BCUT2D eigenvalue weighted by Crippen LogP contribution is -2.02. The van der Waals surface area contributed by atoms with E-state index in [4.69, 9.17) is 9.47 Å². The summed E-state index contributed by atoms with van der Waals surface area (Å²) in [6.45, 7) is 2.07. The molecule has 0 saturated carbocycles. The number of hydrogen-bond donors (Lipinski definition) is 0. The van der Waals surface area contributed by atoms with Crippen molar-refractivity contribution in [2.24, 2.45) is 0 Å². The highest BCUT2D eigenvalue weighted by molar-refractivity contribution is 9.09. The maximum atomic E-state index is 5.43. The van der Waals surface area contributed by atoms with Gasteiger partial charge < -0.3 is 9.47 Å². The zero-order valence-corrected chi connectivity index (χ0v) is 13.5. The lowest BCUT2D eigenvalue weighted by Gasteiger charge is -2.16. The van der Waals surface area contributed by atoms with E-state index in [0.29, 0.717) is 0 Å². The van der Waals surface area contributed by atoms with Crippen LogP contribution in [0.5, 0.6) is 11.5 Å². The third-order valence-electron chi connectivity index (χ3n) is 3.26. The number of rotatable bonds is 5. The van der Waals surface area contributed by atoms with Crippen molar-refractivity contribution < 1.29 is 9.47 Å². The molecule has 2 rings (SSSR count). The van der Waals surface area contributed by atoms with Crippen LogP contribution in [0.25, 0.3) is 0 Å². The lowest BCUT2D eigenvalue weighted by atomic mass is 10.0. The van der Waals surface area contributed by atoms with Gasteiger partial charge in [-0.15, -0.1) is 0 Å². The van der Waals surface area contributed by atoms with E-state index in [2.05, 4.69) is 33.9 Å². The van der Waals surface area contributed by atoms with Crippen LogP contribution >= 0.6 is 15.9 Å². The van der Waals surface area contributed by atoms with Gasteiger partial charge in [0, 0.05) is 28.7 Å². The van der Waals surface area contributed by atoms with Crippen LogP contribution in [0.1, 0.15) is 21.6 Å². The van der Waals surface area contributed by atoms with E-state index in [1.165, 1.54) is 5.56 Å². The predicted molar refractivity (Wildman–Crippen MR) is 83.9 cm³/mol. The number of halogens is 1. The van der Waals surface area contributed by atoms with Gasteiger partial charge >= 0.3 is 0 Å². The molecule has 4 heteroatoms. The molecule has 2 aromatic rings. The number of aromatic nitrogens is 1. The SMILES string of the molecule is COc1ccc(OC)c(C(Br)Cc2ncccc2C)c1. The zero-order chi connectivity index (χ0) is 14.5. The van der Waals surface area contributed by atoms with Gasteiger partial charge in [0.05, 0.1) is 14.2 Å². The molecule has 0 spiro atoms. The summed E-state index contributed by atoms with van der Waals surface area (Å²) in [6, 6.07) is 9.84. The fourth-order valence-electron chi connectivity index (χ4n) is 2.10. The molecule has 0 saturated heterocycles. The summed E-state index contributed by atoms with van der Waals surface area (Å²) in [5, 5.41) is 0. The summed E-state index contributed by atoms with van der Waals surface area (Å²) < 4.78 is 10.7. The molecule has 0 amide bonds. The van der Waals surface area contributed by atoms with Crippen LogP contribution in [-0.4, -0.2) is 19.2 Å². The Bertz CT molecular complexity index is 586. The van der Waals surface area contributed by atoms with Crippen molar-refractivity contribution in [2.45, 2.75) is 18.2 Å². The zero-order valence-electron chi connectivity index (χ0n) is 11.9. The van der Waals surface area contributed by atoms with Crippen molar-refractivity contribution in [2.75, 3.05) is 14.2 Å². The van der Waals surface area contributed by atoms with E-state index >= 15 is 0 Å². The Kier molecular flexibility index (Phi) is 5.01. The fourth-order valence-corrected chi connectivity index (χ4v) is 2.76. The van der Waals surface area contributed by atoms with Gasteiger partial charge in [-0.05, 0) is 36.8 Å². The molecule has 0 N–H and O–H groups in total. The monoisotopic (exact) mass is 335 g/mol. The van der Waals surface area contributed by atoms with E-state index in [1.54, 1.807) is 14.2 Å². The number of alkyl halides is 1. The molecular formula is C16H18BrNO2. The van der Waals surface area contributed by atoms with Crippen LogP contribution < -0.4 is 9.47 Å². The third-order valence-corrected chi connectivity index (χ3v) is 4.08. The van der Waals surface area contributed by atoms with Crippen molar-refractivity contribution in [3.05, 3.63) is 53.3 Å². The highest BCUT2D eigenvalue weighted by Gasteiger charge is 2.16. The second kappa shape index (κ2) is 6.75. The van der Waals surface area contributed by atoms with E-state index in [0.717, 1.165) is 29.2 Å². The average Bonchev–Trinajstić information content (AvgIpc) is 2.48. The summed E-state index contributed by atoms with van der Waals surface area (Å²) in [5.41, 5.74) is 3.34. The Morgan fingerprint density at radius 2 is 2.00 bits per heavy atom. The normalized spacial score (nSPS) is 12.0. The maximum absolute atomic E-state index is 5.43. The summed E-state index contributed by atoms with van der Waals surface area (Å²) in [6.07, 6.45) is 2.63. The first-order valence-electron chi connectivity index (χ1n) is 6.42. The van der Waals surface area contributed by atoms with Gasteiger partial charge in [0.25, 0.3) is 0 Å². The molecule has 3 nitrogen and oxygen atoms in total. The van der Waals surface area contributed by atoms with Crippen LogP contribution in [0.4, 0.5) is 0 Å². The third kappa shape index (κ3) is 3.31. The molecule has 1 atom stereocenters. The predicted octanol–water partition coefficient (Wildman–Crippen LogP) is 4.09. The van der Waals surface area contributed by atoms with Gasteiger partial charge in [0.2, 0.25) is 0 Å². The molecule has 1 unspecified atom stereocenters. The first-order chi connectivity index (χ1) is 9.65. The molecule has 0 radical (unpaired) electrons. The fraction of sp³-hybridized carbons (Fsp3) is 0.312. The molecular weight excluding hydrogens is 318 g/mol. The minimum absolute atomic E-state index is 0.126. The topological polar surface area (TPSA) is 31.4 Å². The Morgan fingerprint density at radius 3 is 2.65 bits per heavy atom. The molecule has 0 aliphatic carbocycles. The first-order valence-corrected chi connectivity index (χ1v) is 7.33. The molecule has 106 valence electrons. The standard InChI is InChI=1S/C16H18BrNO2/c1-11-5-4-8-18-15(11)10-14(17)13-9-12(19-2)6-7-16(13)20-3/h4-9,14H,10H2,1-3H3. The largest absolute Gasteiger partial charge is 0.497 e. The highest BCUT2D eigenvalue weighted by atomic mass is 79.9. The number of aryl methyl sites for hydroxylation is 1. The second-order valence-electron chi connectivity index (χ2n) is 4.55. The van der Waals surface area contributed by atoms with E-state index in [-0.39, 0.29) is 4.83 Å². The molecule has 0 bridgehead atoms. The van der Waals surface area contributed by atoms with Crippen molar-refractivity contribution in [1.82, 2.24) is 4.98 Å². The first kappa shape index (κ1) is 14.9. The van der Waals surface area contributed by atoms with Gasteiger partial charge in [-0.25, -0.2) is 0 Å². The molecule has 1 heterocycles. The van der Waals surface area contributed by atoms with Gasteiger partial charge in [-0.1, -0.05) is 22.0 Å². The quantitative estimate of drug-likeness (QED) is 0.771. The van der Waals surface area contributed by atoms with Crippen LogP contribution in [0.15, 0.2) is 36.5 Å². The van der Waals surface area contributed by atoms with E-state index in [1.807, 2.05) is 30.5 Å². The van der Waals surface area contributed by atoms with Crippen molar-refractivity contribution in [3.63, 3.8) is 0 Å². The van der Waals surface area contributed by atoms with Gasteiger partial charge in [-0.2, -0.15) is 0 Å². The number of nitrogens with zero attached hydrogens (tertiary/aromatic N) is 1. The lowest BCUT2D eigenvalue weighted by molar-refractivity contribution is 0.398. The van der Waals surface area contributed by atoms with Crippen LogP contribution in [0, 0.1) is 6.92 Å². The Balaban J connectivity index is 2.28. The molecule has 1 aromatic heterocycles. The molecule has 0 fully saturated rings. The number of ether oxygens (including phenoxy) is 2. The van der Waals surface area contributed by atoms with Crippen LogP contribution in [0.3, 0.4) is 0 Å². The van der Waals surface area contributed by atoms with Gasteiger partial charge in [0.1, 0.15) is 11.5 Å². The summed E-state index contributed by atoms with van der Waals surface area (Å²) in [4.78, 5) is 4.57. The summed E-state index contributed by atoms with van der Waals surface area (Å²) in [7, 11) is 3.34. The molecule has 20 heavy (non-hydrogen) atoms. The highest BCUT2D eigenvalue weighted by Crippen LogP contribution is 2.36. The van der Waals surface area contributed by atoms with Gasteiger partial charge in [0.15, 0.2) is 0 Å². The number of methoxy groups -OCH3 is 2. The average molecular weight is 336 g/mol. The number of benzene rings is 1. The smallest absolute Gasteiger partial charge is 0.123 e. The van der Waals surface area contributed by atoms with Crippen molar-refractivity contribution in [3.8, 4) is 11.5 Å². The van der Waals surface area contributed by atoms with E-state index in [9.17, 15) is 0 Å². The second-order valence-corrected chi connectivity index (χ2v) is 5.65. The molecule has 0 aliphatic heterocycles. The minimum Gasteiger partial charge on any atom is -0.497 e. The molecule has 1 aromatic carbocycles. The van der Waals surface area contributed by atoms with Crippen LogP contribution in [-0.2, 0) is 6.42 Å². The Morgan fingerprint density at radius 1 is 1.20 bits per heavy atom.